The highest BCUT2D eigenvalue weighted by Crippen LogP contribution is 2.33. The van der Waals surface area contributed by atoms with Crippen molar-refractivity contribution >= 4 is 28.3 Å². The molecular formula is C14H18N2O3S. The first-order chi connectivity index (χ1) is 9.63. The number of rotatable bonds is 3. The van der Waals surface area contributed by atoms with E-state index in [2.05, 4.69) is 10.3 Å². The molecule has 2 aliphatic carbocycles. The molecule has 108 valence electrons. The average Bonchev–Trinajstić information content (AvgIpc) is 3.04. The number of anilines is 1. The van der Waals surface area contributed by atoms with Gasteiger partial charge in [0.15, 0.2) is 5.13 Å². The zero-order chi connectivity index (χ0) is 14.1. The summed E-state index contributed by atoms with van der Waals surface area (Å²) >= 11 is 1.57. The maximum Gasteiger partial charge on any atom is 0.306 e. The van der Waals surface area contributed by atoms with Gasteiger partial charge in [-0.25, -0.2) is 4.98 Å². The average molecular weight is 294 g/mol. The summed E-state index contributed by atoms with van der Waals surface area (Å²) in [6.45, 7) is 0. The molecule has 0 aliphatic heterocycles. The van der Waals surface area contributed by atoms with E-state index in [-0.39, 0.29) is 17.7 Å². The zero-order valence-corrected chi connectivity index (χ0v) is 12.0. The molecule has 1 saturated carbocycles. The minimum Gasteiger partial charge on any atom is -0.481 e. The van der Waals surface area contributed by atoms with Crippen LogP contribution >= 0.6 is 11.3 Å². The minimum absolute atomic E-state index is 0.0696. The van der Waals surface area contributed by atoms with Crippen molar-refractivity contribution in [3.05, 3.63) is 10.6 Å². The number of nitrogens with one attached hydrogen (secondary N) is 1. The topological polar surface area (TPSA) is 79.3 Å². The molecule has 2 N–H and O–H groups in total. The molecule has 0 saturated heterocycles. The number of thiazole rings is 1. The molecule has 2 atom stereocenters. The van der Waals surface area contributed by atoms with Crippen LogP contribution in [-0.2, 0) is 22.4 Å². The smallest absolute Gasteiger partial charge is 0.306 e. The van der Waals surface area contributed by atoms with Gasteiger partial charge in [0.05, 0.1) is 11.6 Å². The van der Waals surface area contributed by atoms with E-state index in [1.54, 1.807) is 11.3 Å². The van der Waals surface area contributed by atoms with Gasteiger partial charge in [-0.15, -0.1) is 11.3 Å². The monoisotopic (exact) mass is 294 g/mol. The van der Waals surface area contributed by atoms with E-state index in [0.29, 0.717) is 24.4 Å². The number of fused-ring (bicyclic) bond motifs is 1. The van der Waals surface area contributed by atoms with E-state index >= 15 is 0 Å². The summed E-state index contributed by atoms with van der Waals surface area (Å²) in [4.78, 5) is 28.9. The molecule has 0 bridgehead atoms. The maximum absolute atomic E-state index is 12.2. The fourth-order valence-corrected chi connectivity index (χ4v) is 4.11. The number of carbonyl (C=O) groups is 2. The summed E-state index contributed by atoms with van der Waals surface area (Å²) in [6.07, 6.45) is 6.15. The Bertz CT molecular complexity index is 517. The van der Waals surface area contributed by atoms with Crippen LogP contribution in [-0.4, -0.2) is 22.0 Å². The highest BCUT2D eigenvalue weighted by Gasteiger charge is 2.34. The number of carboxylic acid groups (broad SMARTS) is 1. The van der Waals surface area contributed by atoms with Crippen molar-refractivity contribution in [2.45, 2.75) is 44.9 Å². The van der Waals surface area contributed by atoms with Gasteiger partial charge >= 0.3 is 5.97 Å². The summed E-state index contributed by atoms with van der Waals surface area (Å²) in [5.74, 6) is -1.41. The fourth-order valence-electron chi connectivity index (χ4n) is 3.06. The second-order valence-electron chi connectivity index (χ2n) is 5.63. The van der Waals surface area contributed by atoms with Crippen LogP contribution in [0.3, 0.4) is 0 Å². The van der Waals surface area contributed by atoms with Gasteiger partial charge in [-0.3, -0.25) is 9.59 Å². The van der Waals surface area contributed by atoms with Crippen molar-refractivity contribution < 1.29 is 14.7 Å². The minimum atomic E-state index is -0.787. The van der Waals surface area contributed by atoms with Gasteiger partial charge in [0.2, 0.25) is 5.91 Å². The van der Waals surface area contributed by atoms with Crippen molar-refractivity contribution in [1.82, 2.24) is 4.98 Å². The number of amides is 1. The van der Waals surface area contributed by atoms with Crippen LogP contribution in [0.4, 0.5) is 5.13 Å². The van der Waals surface area contributed by atoms with Gasteiger partial charge in [-0.05, 0) is 44.9 Å². The van der Waals surface area contributed by atoms with Gasteiger partial charge in [0.25, 0.3) is 0 Å². The SMILES string of the molecule is O=C(O)[C@H]1CC[C@H](C(=O)Nc2nc3c(s2)CCCC3)C1. The quantitative estimate of drug-likeness (QED) is 0.897. The van der Waals surface area contributed by atoms with Crippen LogP contribution in [0.5, 0.6) is 0 Å². The maximum atomic E-state index is 12.2. The van der Waals surface area contributed by atoms with E-state index in [9.17, 15) is 9.59 Å². The number of hydrogen-bond donors (Lipinski definition) is 2. The van der Waals surface area contributed by atoms with Crippen molar-refractivity contribution in [2.24, 2.45) is 11.8 Å². The van der Waals surface area contributed by atoms with Crippen molar-refractivity contribution in [2.75, 3.05) is 5.32 Å². The number of aliphatic carboxylic acids is 1. The summed E-state index contributed by atoms with van der Waals surface area (Å²) in [5, 5.41) is 12.5. The molecule has 0 unspecified atom stereocenters. The van der Waals surface area contributed by atoms with Crippen LogP contribution in [0.2, 0.25) is 0 Å². The van der Waals surface area contributed by atoms with Crippen LogP contribution in [0, 0.1) is 11.8 Å². The number of nitrogens with zero attached hydrogens (tertiary/aromatic N) is 1. The Hall–Kier alpha value is -1.43. The third-order valence-corrected chi connectivity index (χ3v) is 5.30. The second kappa shape index (κ2) is 5.52. The third kappa shape index (κ3) is 2.70. The van der Waals surface area contributed by atoms with E-state index in [0.717, 1.165) is 18.5 Å². The number of hydrogen-bond acceptors (Lipinski definition) is 4. The predicted molar refractivity (Wildman–Crippen MR) is 75.9 cm³/mol. The van der Waals surface area contributed by atoms with Gasteiger partial charge in [0.1, 0.15) is 0 Å². The molecule has 0 radical (unpaired) electrons. The molecule has 1 fully saturated rings. The number of carbonyl (C=O) groups excluding carboxylic acids is 1. The summed E-state index contributed by atoms with van der Waals surface area (Å²) in [5.41, 5.74) is 1.13. The van der Waals surface area contributed by atoms with E-state index in [1.165, 1.54) is 17.7 Å². The van der Waals surface area contributed by atoms with Crippen LogP contribution < -0.4 is 5.32 Å². The molecular weight excluding hydrogens is 276 g/mol. The summed E-state index contributed by atoms with van der Waals surface area (Å²) in [6, 6.07) is 0. The van der Waals surface area contributed by atoms with E-state index in [4.69, 9.17) is 5.11 Å². The fraction of sp³-hybridized carbons (Fsp3) is 0.643. The molecule has 1 aromatic heterocycles. The van der Waals surface area contributed by atoms with Gasteiger partial charge in [0, 0.05) is 10.8 Å². The Morgan fingerprint density at radius 1 is 1.20 bits per heavy atom. The zero-order valence-electron chi connectivity index (χ0n) is 11.2. The first-order valence-electron chi connectivity index (χ1n) is 7.15. The molecule has 1 heterocycles. The highest BCUT2D eigenvalue weighted by atomic mass is 32.1. The largest absolute Gasteiger partial charge is 0.481 e. The van der Waals surface area contributed by atoms with Crippen LogP contribution in [0.15, 0.2) is 0 Å². The highest BCUT2D eigenvalue weighted by molar-refractivity contribution is 7.15. The predicted octanol–water partition coefficient (Wildman–Crippen LogP) is 2.46. The molecule has 0 spiro atoms. The third-order valence-electron chi connectivity index (χ3n) is 4.23. The first kappa shape index (κ1) is 13.5. The lowest BCUT2D eigenvalue weighted by Gasteiger charge is -2.08. The number of aryl methyl sites for hydroxylation is 2. The van der Waals surface area contributed by atoms with Gasteiger partial charge < -0.3 is 10.4 Å². The standard InChI is InChI=1S/C14H18N2O3S/c17-12(8-5-6-9(7-8)13(18)19)16-14-15-10-3-1-2-4-11(10)20-14/h8-9H,1-7H2,(H,18,19)(H,15,16,17)/t8-,9-/m0/s1. The lowest BCUT2D eigenvalue weighted by atomic mass is 10.0. The van der Waals surface area contributed by atoms with Crippen LogP contribution in [0.1, 0.15) is 42.7 Å². The Morgan fingerprint density at radius 2 is 1.95 bits per heavy atom. The van der Waals surface area contributed by atoms with Crippen molar-refractivity contribution in [3.8, 4) is 0 Å². The Labute approximate surface area is 121 Å². The second-order valence-corrected chi connectivity index (χ2v) is 6.71. The van der Waals surface area contributed by atoms with E-state index in [1.807, 2.05) is 0 Å². The molecule has 2 aliphatic rings. The molecule has 0 aromatic carbocycles. The molecule has 3 rings (SSSR count). The summed E-state index contributed by atoms with van der Waals surface area (Å²) < 4.78 is 0. The van der Waals surface area contributed by atoms with Crippen LogP contribution in [0.25, 0.3) is 0 Å². The van der Waals surface area contributed by atoms with Gasteiger partial charge in [-0.2, -0.15) is 0 Å². The van der Waals surface area contributed by atoms with Gasteiger partial charge in [-0.1, -0.05) is 0 Å². The molecule has 6 heteroatoms. The van der Waals surface area contributed by atoms with E-state index < -0.39 is 5.97 Å². The lowest BCUT2D eigenvalue weighted by Crippen LogP contribution is -2.21. The molecule has 1 amide bonds. The summed E-state index contributed by atoms with van der Waals surface area (Å²) in [7, 11) is 0. The lowest BCUT2D eigenvalue weighted by molar-refractivity contribution is -0.141. The molecule has 5 nitrogen and oxygen atoms in total. The number of carboxylic acids is 1. The number of aromatic nitrogens is 1. The first-order valence-corrected chi connectivity index (χ1v) is 7.97. The van der Waals surface area contributed by atoms with Crippen molar-refractivity contribution in [1.29, 1.82) is 0 Å². The molecule has 1 aromatic rings. The normalized spacial score (nSPS) is 25.2. The van der Waals surface area contributed by atoms with Crippen molar-refractivity contribution in [3.63, 3.8) is 0 Å². The Kier molecular flexibility index (Phi) is 3.74. The Balaban J connectivity index is 1.62. The molecule has 20 heavy (non-hydrogen) atoms. The Morgan fingerprint density at radius 3 is 2.65 bits per heavy atom.